The summed E-state index contributed by atoms with van der Waals surface area (Å²) in [7, 11) is 0. The average Bonchev–Trinajstić information content (AvgIpc) is 2.81. The van der Waals surface area contributed by atoms with Gasteiger partial charge in [0.05, 0.1) is 6.20 Å². The zero-order valence-electron chi connectivity index (χ0n) is 10.1. The van der Waals surface area contributed by atoms with E-state index in [2.05, 4.69) is 4.98 Å². The summed E-state index contributed by atoms with van der Waals surface area (Å²) in [6.07, 6.45) is 1.84. The van der Waals surface area contributed by atoms with E-state index < -0.39 is 5.82 Å². The molecule has 5 heteroatoms. The van der Waals surface area contributed by atoms with E-state index in [0.717, 1.165) is 23.9 Å². The Morgan fingerprint density at radius 1 is 1.32 bits per heavy atom. The first-order chi connectivity index (χ1) is 9.15. The summed E-state index contributed by atoms with van der Waals surface area (Å²) in [6.45, 7) is 0.594. The number of hydrogen-bond acceptors (Lipinski definition) is 3. The van der Waals surface area contributed by atoms with Crippen molar-refractivity contribution in [2.24, 2.45) is 0 Å². The van der Waals surface area contributed by atoms with Gasteiger partial charge in [-0.1, -0.05) is 6.07 Å². The number of halogens is 1. The maximum atomic E-state index is 12.8. The second kappa shape index (κ2) is 4.35. The van der Waals surface area contributed by atoms with Crippen LogP contribution in [0.25, 0.3) is 0 Å². The summed E-state index contributed by atoms with van der Waals surface area (Å²) in [4.78, 5) is 17.8. The Labute approximate surface area is 109 Å². The molecule has 1 aromatic heterocycles. The number of rotatable bonds is 1. The fraction of sp³-hybridized carbons (Fsp3) is 0.143. The van der Waals surface area contributed by atoms with Crippen LogP contribution in [0.4, 0.5) is 15.8 Å². The number of carbonyl (C=O) groups excluding carboxylic acids is 1. The molecule has 0 saturated heterocycles. The number of nitrogen functional groups attached to an aromatic ring is 1. The minimum atomic E-state index is -0.456. The lowest BCUT2D eigenvalue weighted by atomic mass is 10.1. The van der Waals surface area contributed by atoms with Crippen molar-refractivity contribution >= 4 is 17.3 Å². The van der Waals surface area contributed by atoms with Gasteiger partial charge >= 0.3 is 0 Å². The highest BCUT2D eigenvalue weighted by Crippen LogP contribution is 2.30. The molecule has 2 heterocycles. The summed E-state index contributed by atoms with van der Waals surface area (Å²) < 4.78 is 12.8. The number of nitrogens with zero attached hydrogens (tertiary/aromatic N) is 2. The highest BCUT2D eigenvalue weighted by molar-refractivity contribution is 6.06. The standard InChI is InChI=1S/C14H12FN3O/c15-10-2-4-12(17-8-10)14(19)18-6-5-9-1-3-11(16)7-13(9)18/h1-4,7-8H,5-6,16H2. The number of carbonyl (C=O) groups is 1. The first-order valence-electron chi connectivity index (χ1n) is 5.97. The summed E-state index contributed by atoms with van der Waals surface area (Å²) in [5.74, 6) is -0.688. The van der Waals surface area contributed by atoms with E-state index in [0.29, 0.717) is 12.2 Å². The molecule has 1 amide bonds. The molecule has 0 aliphatic carbocycles. The van der Waals surface area contributed by atoms with Crippen LogP contribution in [0.15, 0.2) is 36.5 Å². The molecule has 1 aromatic carbocycles. The third-order valence-corrected chi connectivity index (χ3v) is 3.20. The van der Waals surface area contributed by atoms with Crippen molar-refractivity contribution in [3.8, 4) is 0 Å². The van der Waals surface area contributed by atoms with E-state index in [9.17, 15) is 9.18 Å². The normalized spacial score (nSPS) is 13.4. The second-order valence-electron chi connectivity index (χ2n) is 4.46. The Morgan fingerprint density at radius 2 is 2.16 bits per heavy atom. The zero-order valence-corrected chi connectivity index (χ0v) is 10.1. The molecule has 1 aliphatic heterocycles. The van der Waals surface area contributed by atoms with E-state index >= 15 is 0 Å². The Balaban J connectivity index is 1.95. The minimum absolute atomic E-state index is 0.232. The van der Waals surface area contributed by atoms with Gasteiger partial charge in [-0.05, 0) is 36.2 Å². The Morgan fingerprint density at radius 3 is 2.89 bits per heavy atom. The number of fused-ring (bicyclic) bond motifs is 1. The van der Waals surface area contributed by atoms with Crippen molar-refractivity contribution in [1.82, 2.24) is 4.98 Å². The quantitative estimate of drug-likeness (QED) is 0.795. The van der Waals surface area contributed by atoms with Crippen molar-refractivity contribution in [1.29, 1.82) is 0 Å². The van der Waals surface area contributed by atoms with Crippen molar-refractivity contribution in [3.63, 3.8) is 0 Å². The second-order valence-corrected chi connectivity index (χ2v) is 4.46. The van der Waals surface area contributed by atoms with Crippen LogP contribution in [0.1, 0.15) is 16.1 Å². The maximum absolute atomic E-state index is 12.8. The van der Waals surface area contributed by atoms with Crippen LogP contribution in [-0.4, -0.2) is 17.4 Å². The molecule has 0 unspecified atom stereocenters. The van der Waals surface area contributed by atoms with Gasteiger partial charge in [0.25, 0.3) is 5.91 Å². The Bertz CT molecular complexity index is 640. The van der Waals surface area contributed by atoms with Crippen molar-refractivity contribution in [2.45, 2.75) is 6.42 Å². The molecule has 0 bridgehead atoms. The zero-order chi connectivity index (χ0) is 13.4. The van der Waals surface area contributed by atoms with Gasteiger partial charge in [-0.3, -0.25) is 4.79 Å². The fourth-order valence-corrected chi connectivity index (χ4v) is 2.25. The third kappa shape index (κ3) is 2.03. The first-order valence-corrected chi connectivity index (χ1v) is 5.97. The number of pyridine rings is 1. The van der Waals surface area contributed by atoms with Crippen LogP contribution in [0.5, 0.6) is 0 Å². The molecule has 2 aromatic rings. The highest BCUT2D eigenvalue weighted by Gasteiger charge is 2.26. The first kappa shape index (κ1) is 11.6. The van der Waals surface area contributed by atoms with E-state index in [1.165, 1.54) is 12.1 Å². The van der Waals surface area contributed by atoms with Crippen LogP contribution in [0.2, 0.25) is 0 Å². The van der Waals surface area contributed by atoms with E-state index in [1.807, 2.05) is 12.1 Å². The monoisotopic (exact) mass is 257 g/mol. The summed E-state index contributed by atoms with van der Waals surface area (Å²) in [5.41, 5.74) is 8.50. The van der Waals surface area contributed by atoms with Gasteiger partial charge in [-0.25, -0.2) is 9.37 Å². The molecule has 0 spiro atoms. The molecule has 3 rings (SSSR count). The van der Waals surface area contributed by atoms with Gasteiger partial charge in [-0.15, -0.1) is 0 Å². The van der Waals surface area contributed by atoms with Crippen LogP contribution in [0, 0.1) is 5.82 Å². The van der Waals surface area contributed by atoms with Crippen LogP contribution in [-0.2, 0) is 6.42 Å². The summed E-state index contributed by atoms with van der Waals surface area (Å²) >= 11 is 0. The number of hydrogen-bond donors (Lipinski definition) is 1. The lowest BCUT2D eigenvalue weighted by molar-refractivity contribution is 0.0984. The topological polar surface area (TPSA) is 59.2 Å². The number of benzene rings is 1. The molecule has 1 aliphatic rings. The van der Waals surface area contributed by atoms with Gasteiger partial charge < -0.3 is 10.6 Å². The third-order valence-electron chi connectivity index (χ3n) is 3.20. The fourth-order valence-electron chi connectivity index (χ4n) is 2.25. The molecule has 4 nitrogen and oxygen atoms in total. The predicted octanol–water partition coefficient (Wildman–Crippen LogP) is 2.01. The van der Waals surface area contributed by atoms with Crippen LogP contribution >= 0.6 is 0 Å². The van der Waals surface area contributed by atoms with Crippen LogP contribution in [0.3, 0.4) is 0 Å². The molecule has 0 fully saturated rings. The number of anilines is 2. The lowest BCUT2D eigenvalue weighted by Gasteiger charge is -2.17. The predicted molar refractivity (Wildman–Crippen MR) is 70.4 cm³/mol. The number of aromatic nitrogens is 1. The van der Waals surface area contributed by atoms with Gasteiger partial charge in [0, 0.05) is 17.9 Å². The number of nitrogens with two attached hydrogens (primary N) is 1. The molecule has 2 N–H and O–H groups in total. The average molecular weight is 257 g/mol. The molecule has 96 valence electrons. The van der Waals surface area contributed by atoms with E-state index in [-0.39, 0.29) is 11.6 Å². The Hall–Kier alpha value is -2.43. The van der Waals surface area contributed by atoms with Crippen LogP contribution < -0.4 is 10.6 Å². The number of amides is 1. The van der Waals surface area contributed by atoms with E-state index in [4.69, 9.17) is 5.73 Å². The minimum Gasteiger partial charge on any atom is -0.399 e. The molecule has 0 atom stereocenters. The summed E-state index contributed by atoms with van der Waals surface area (Å²) in [5, 5.41) is 0. The van der Waals surface area contributed by atoms with Crippen molar-refractivity contribution < 1.29 is 9.18 Å². The molecule has 0 radical (unpaired) electrons. The van der Waals surface area contributed by atoms with Gasteiger partial charge in [0.1, 0.15) is 11.5 Å². The van der Waals surface area contributed by atoms with Gasteiger partial charge in [0.2, 0.25) is 0 Å². The van der Waals surface area contributed by atoms with E-state index in [1.54, 1.807) is 11.0 Å². The largest absolute Gasteiger partial charge is 0.399 e. The Kier molecular flexibility index (Phi) is 2.67. The van der Waals surface area contributed by atoms with Crippen molar-refractivity contribution in [2.75, 3.05) is 17.2 Å². The maximum Gasteiger partial charge on any atom is 0.276 e. The molecule has 0 saturated carbocycles. The smallest absolute Gasteiger partial charge is 0.276 e. The van der Waals surface area contributed by atoms with Gasteiger partial charge in [-0.2, -0.15) is 0 Å². The summed E-state index contributed by atoms with van der Waals surface area (Å²) in [6, 6.07) is 8.15. The molecular weight excluding hydrogens is 245 g/mol. The SMILES string of the molecule is Nc1ccc2c(c1)N(C(=O)c1ccc(F)cn1)CC2. The molecule has 19 heavy (non-hydrogen) atoms. The molecular formula is C14H12FN3O. The highest BCUT2D eigenvalue weighted by atomic mass is 19.1. The van der Waals surface area contributed by atoms with Crippen molar-refractivity contribution in [3.05, 3.63) is 53.6 Å². The lowest BCUT2D eigenvalue weighted by Crippen LogP contribution is -2.29. The van der Waals surface area contributed by atoms with Gasteiger partial charge in [0.15, 0.2) is 0 Å².